The first-order chi connectivity index (χ1) is 17.4. The van der Waals surface area contributed by atoms with Gasteiger partial charge in [0, 0.05) is 21.8 Å². The molecule has 1 unspecified atom stereocenters. The number of nitrogens with one attached hydrogen (secondary N) is 1. The topological polar surface area (TPSA) is 86.2 Å². The molecule has 7 nitrogen and oxygen atoms in total. The average Bonchev–Trinajstić information content (AvgIpc) is 2.91. The quantitative estimate of drug-likeness (QED) is 0.273. The van der Waals surface area contributed by atoms with Crippen LogP contribution in [-0.2, 0) is 4.79 Å². The molecule has 184 valence electrons. The van der Waals surface area contributed by atoms with Gasteiger partial charge in [0.25, 0.3) is 0 Å². The van der Waals surface area contributed by atoms with Gasteiger partial charge in [0.1, 0.15) is 22.9 Å². The second-order valence-corrected chi connectivity index (χ2v) is 9.63. The average molecular weight is 521 g/mol. The van der Waals surface area contributed by atoms with Crippen molar-refractivity contribution in [3.8, 4) is 34.0 Å². The minimum Gasteiger partial charge on any atom is -0.497 e. The van der Waals surface area contributed by atoms with Gasteiger partial charge in [0.15, 0.2) is 0 Å². The molecule has 1 amide bonds. The van der Waals surface area contributed by atoms with Gasteiger partial charge in [0.05, 0.1) is 19.5 Å². The van der Waals surface area contributed by atoms with E-state index in [4.69, 9.17) is 26.1 Å². The first-order valence-corrected chi connectivity index (χ1v) is 12.4. The summed E-state index contributed by atoms with van der Waals surface area (Å²) in [6.45, 7) is 3.66. The van der Waals surface area contributed by atoms with Crippen molar-refractivity contribution in [3.63, 3.8) is 0 Å². The number of hydrogen-bond acceptors (Lipinski definition) is 7. The van der Waals surface area contributed by atoms with Crippen molar-refractivity contribution in [1.29, 1.82) is 0 Å². The number of anilines is 1. The van der Waals surface area contributed by atoms with Gasteiger partial charge >= 0.3 is 0 Å². The van der Waals surface area contributed by atoms with Gasteiger partial charge in [-0.1, -0.05) is 29.4 Å². The van der Waals surface area contributed by atoms with Crippen molar-refractivity contribution in [3.05, 3.63) is 77.3 Å². The van der Waals surface area contributed by atoms with Gasteiger partial charge in [-0.15, -0.1) is 10.2 Å². The number of aromatic nitrogens is 3. The van der Waals surface area contributed by atoms with E-state index in [1.54, 1.807) is 33.3 Å². The Hall–Kier alpha value is -3.62. The molecular formula is C27H25ClN4O3S. The van der Waals surface area contributed by atoms with Crippen LogP contribution in [0.1, 0.15) is 12.5 Å². The van der Waals surface area contributed by atoms with E-state index in [-0.39, 0.29) is 5.91 Å². The molecule has 3 aromatic carbocycles. The lowest BCUT2D eigenvalue weighted by atomic mass is 10.0. The highest BCUT2D eigenvalue weighted by Crippen LogP contribution is 2.33. The fourth-order valence-corrected chi connectivity index (χ4v) is 4.33. The van der Waals surface area contributed by atoms with Gasteiger partial charge in [-0.2, -0.15) is 0 Å². The number of thioether (sulfide) groups is 1. The van der Waals surface area contributed by atoms with Gasteiger partial charge < -0.3 is 14.8 Å². The van der Waals surface area contributed by atoms with Crippen molar-refractivity contribution in [1.82, 2.24) is 15.2 Å². The number of ether oxygens (including phenoxy) is 2. The molecule has 0 saturated heterocycles. The fraction of sp³-hybridized carbons (Fsp3) is 0.185. The summed E-state index contributed by atoms with van der Waals surface area (Å²) in [5, 5.41) is 12.3. The van der Waals surface area contributed by atoms with Crippen LogP contribution in [0.25, 0.3) is 22.5 Å². The Kier molecular flexibility index (Phi) is 8.07. The lowest BCUT2D eigenvalue weighted by Crippen LogP contribution is -2.23. The second kappa shape index (κ2) is 11.4. The molecule has 0 bridgehead atoms. The number of halogens is 1. The summed E-state index contributed by atoms with van der Waals surface area (Å²) in [5.74, 6) is 1.30. The van der Waals surface area contributed by atoms with Crippen molar-refractivity contribution >= 4 is 35.0 Å². The number of hydrogen-bond donors (Lipinski definition) is 1. The monoisotopic (exact) mass is 520 g/mol. The molecule has 1 N–H and O–H groups in total. The molecule has 0 radical (unpaired) electrons. The molecular weight excluding hydrogens is 496 g/mol. The molecule has 0 fully saturated rings. The van der Waals surface area contributed by atoms with E-state index in [0.29, 0.717) is 27.3 Å². The molecule has 0 aliphatic heterocycles. The van der Waals surface area contributed by atoms with Crippen LogP contribution in [0.5, 0.6) is 11.5 Å². The summed E-state index contributed by atoms with van der Waals surface area (Å²) in [5.41, 5.74) is 4.46. The van der Waals surface area contributed by atoms with Crippen LogP contribution in [0.4, 0.5) is 5.69 Å². The standard InChI is InChI=1S/C27H25ClN4O3S/c1-16-22(28)6-5-7-23(16)29-26(33)17(2)36-27-30-24(18-8-12-20(34-3)13-9-18)25(31-32-27)19-10-14-21(35-4)15-11-19/h5-15,17H,1-4H3,(H,29,33). The number of nitrogens with zero attached hydrogens (tertiary/aromatic N) is 3. The fourth-order valence-electron chi connectivity index (χ4n) is 3.44. The van der Waals surface area contributed by atoms with Crippen LogP contribution >= 0.6 is 23.4 Å². The van der Waals surface area contributed by atoms with Crippen molar-refractivity contribution in [2.75, 3.05) is 19.5 Å². The van der Waals surface area contributed by atoms with E-state index in [1.807, 2.05) is 61.5 Å². The van der Waals surface area contributed by atoms with Crippen molar-refractivity contribution < 1.29 is 14.3 Å². The van der Waals surface area contributed by atoms with Gasteiger partial charge in [0.2, 0.25) is 11.1 Å². The van der Waals surface area contributed by atoms with E-state index < -0.39 is 5.25 Å². The lowest BCUT2D eigenvalue weighted by molar-refractivity contribution is -0.115. The maximum Gasteiger partial charge on any atom is 0.237 e. The normalized spacial score (nSPS) is 11.6. The number of carbonyl (C=O) groups is 1. The highest BCUT2D eigenvalue weighted by atomic mass is 35.5. The predicted molar refractivity (Wildman–Crippen MR) is 144 cm³/mol. The number of rotatable bonds is 8. The highest BCUT2D eigenvalue weighted by Gasteiger charge is 2.20. The smallest absolute Gasteiger partial charge is 0.237 e. The maximum atomic E-state index is 12.9. The maximum absolute atomic E-state index is 12.9. The first kappa shape index (κ1) is 25.5. The minimum absolute atomic E-state index is 0.181. The largest absolute Gasteiger partial charge is 0.497 e. The zero-order valence-corrected chi connectivity index (χ0v) is 21.9. The molecule has 4 aromatic rings. The number of methoxy groups -OCH3 is 2. The summed E-state index contributed by atoms with van der Waals surface area (Å²) < 4.78 is 10.6. The van der Waals surface area contributed by atoms with Gasteiger partial charge in [-0.05, 0) is 80.1 Å². The number of carbonyl (C=O) groups excluding carboxylic acids is 1. The third-order valence-electron chi connectivity index (χ3n) is 5.57. The van der Waals surface area contributed by atoms with E-state index in [0.717, 1.165) is 28.2 Å². The Morgan fingerprint density at radius 3 is 2.06 bits per heavy atom. The zero-order valence-electron chi connectivity index (χ0n) is 20.3. The summed E-state index contributed by atoms with van der Waals surface area (Å²) in [6, 6.07) is 20.5. The highest BCUT2D eigenvalue weighted by molar-refractivity contribution is 8.00. The van der Waals surface area contributed by atoms with Crippen LogP contribution in [-0.4, -0.2) is 40.6 Å². The van der Waals surface area contributed by atoms with E-state index >= 15 is 0 Å². The summed E-state index contributed by atoms with van der Waals surface area (Å²) in [6.07, 6.45) is 0. The zero-order chi connectivity index (χ0) is 25.7. The molecule has 1 aromatic heterocycles. The Labute approximate surface area is 219 Å². The Bertz CT molecular complexity index is 1360. The molecule has 0 aliphatic rings. The third kappa shape index (κ3) is 5.78. The van der Waals surface area contributed by atoms with E-state index in [9.17, 15) is 4.79 Å². The van der Waals surface area contributed by atoms with Gasteiger partial charge in [-0.3, -0.25) is 4.79 Å². The second-order valence-electron chi connectivity index (χ2n) is 7.91. The van der Waals surface area contributed by atoms with Crippen molar-refractivity contribution in [2.24, 2.45) is 0 Å². The SMILES string of the molecule is COc1ccc(-c2nnc(SC(C)C(=O)Nc3cccc(Cl)c3C)nc2-c2ccc(OC)cc2)cc1. The van der Waals surface area contributed by atoms with E-state index in [1.165, 1.54) is 11.8 Å². The Balaban J connectivity index is 1.63. The number of benzene rings is 3. The van der Waals surface area contributed by atoms with Gasteiger partial charge in [-0.25, -0.2) is 4.98 Å². The Morgan fingerprint density at radius 2 is 1.47 bits per heavy atom. The molecule has 0 spiro atoms. The van der Waals surface area contributed by atoms with Crippen LogP contribution < -0.4 is 14.8 Å². The molecule has 0 saturated carbocycles. The Morgan fingerprint density at radius 1 is 0.889 bits per heavy atom. The van der Waals surface area contributed by atoms with Crippen LogP contribution in [0.2, 0.25) is 5.02 Å². The molecule has 36 heavy (non-hydrogen) atoms. The molecule has 1 atom stereocenters. The lowest BCUT2D eigenvalue weighted by Gasteiger charge is -2.14. The van der Waals surface area contributed by atoms with Crippen LogP contribution in [0, 0.1) is 6.92 Å². The van der Waals surface area contributed by atoms with Crippen LogP contribution in [0.15, 0.2) is 71.9 Å². The molecule has 9 heteroatoms. The minimum atomic E-state index is -0.472. The molecule has 4 rings (SSSR count). The molecule has 1 heterocycles. The van der Waals surface area contributed by atoms with Crippen molar-refractivity contribution in [2.45, 2.75) is 24.3 Å². The summed E-state index contributed by atoms with van der Waals surface area (Å²) in [7, 11) is 3.24. The van der Waals surface area contributed by atoms with E-state index in [2.05, 4.69) is 15.5 Å². The molecule has 0 aliphatic carbocycles. The first-order valence-electron chi connectivity index (χ1n) is 11.2. The predicted octanol–water partition coefficient (Wildman–Crippen LogP) is 6.30. The summed E-state index contributed by atoms with van der Waals surface area (Å²) in [4.78, 5) is 17.7. The number of amides is 1. The summed E-state index contributed by atoms with van der Waals surface area (Å²) >= 11 is 7.42. The van der Waals surface area contributed by atoms with Crippen LogP contribution in [0.3, 0.4) is 0 Å². The third-order valence-corrected chi connectivity index (χ3v) is 6.93.